The lowest BCUT2D eigenvalue weighted by Gasteiger charge is -1.96. The van der Waals surface area contributed by atoms with Crippen LogP contribution in [0.2, 0.25) is 0 Å². The lowest BCUT2D eigenvalue weighted by atomic mass is 10.2. The van der Waals surface area contributed by atoms with Crippen LogP contribution < -0.4 is 0 Å². The molecule has 0 saturated carbocycles. The number of rotatable bonds is 2. The van der Waals surface area contributed by atoms with Gasteiger partial charge < -0.3 is 0 Å². The highest BCUT2D eigenvalue weighted by Crippen LogP contribution is 2.22. The van der Waals surface area contributed by atoms with Crippen molar-refractivity contribution in [3.05, 3.63) is 22.7 Å². The molecule has 1 nitrogen and oxygen atoms in total. The van der Waals surface area contributed by atoms with E-state index in [0.29, 0.717) is 6.42 Å². The molecule has 0 radical (unpaired) electrons. The zero-order chi connectivity index (χ0) is 8.27. The molecular weight excluding hydrogens is 154 g/mol. The van der Waals surface area contributed by atoms with E-state index in [-0.39, 0.29) is 0 Å². The summed E-state index contributed by atoms with van der Waals surface area (Å²) in [5, 5.41) is 0. The molecule has 0 atom stereocenters. The van der Waals surface area contributed by atoms with Crippen LogP contribution in [0.5, 0.6) is 0 Å². The summed E-state index contributed by atoms with van der Waals surface area (Å²) >= 11 is 1.59. The number of allylic oxidation sites excluding steroid dienone is 1. The number of aromatic nitrogens is 1. The van der Waals surface area contributed by atoms with Crippen molar-refractivity contribution in [2.45, 2.75) is 13.3 Å². The average molecular weight is 163 g/mol. The van der Waals surface area contributed by atoms with Gasteiger partial charge in [-0.3, -0.25) is 0 Å². The number of hydrogen-bond acceptors (Lipinski definition) is 2. The molecule has 1 aromatic rings. The molecule has 0 unspecified atom stereocenters. The molecule has 0 aromatic carbocycles. The largest absolute Gasteiger partial charge is 0.249 e. The zero-order valence-corrected chi connectivity index (χ0v) is 7.24. The summed E-state index contributed by atoms with van der Waals surface area (Å²) in [6.07, 6.45) is 5.77. The molecule has 0 aliphatic rings. The summed E-state index contributed by atoms with van der Waals surface area (Å²) in [6.45, 7) is 5.84. The number of aryl methyl sites for hydroxylation is 1. The summed E-state index contributed by atoms with van der Waals surface area (Å²) in [6, 6.07) is 0. The van der Waals surface area contributed by atoms with Crippen LogP contribution in [-0.2, 0) is 0 Å². The van der Waals surface area contributed by atoms with E-state index in [0.717, 1.165) is 16.1 Å². The topological polar surface area (TPSA) is 12.9 Å². The van der Waals surface area contributed by atoms with Gasteiger partial charge >= 0.3 is 0 Å². The molecule has 1 heterocycles. The van der Waals surface area contributed by atoms with E-state index in [4.69, 9.17) is 6.42 Å². The third kappa shape index (κ3) is 1.69. The molecule has 0 spiro atoms. The molecule has 0 fully saturated rings. The van der Waals surface area contributed by atoms with E-state index in [2.05, 4.69) is 17.5 Å². The normalized spacial score (nSPS) is 9.09. The van der Waals surface area contributed by atoms with Gasteiger partial charge in [-0.25, -0.2) is 4.98 Å². The third-order valence-electron chi connectivity index (χ3n) is 1.38. The van der Waals surface area contributed by atoms with Crippen LogP contribution in [0.25, 0.3) is 5.57 Å². The average Bonchev–Trinajstić information content (AvgIpc) is 2.36. The maximum Gasteiger partial charge on any atom is 0.0801 e. The first-order valence-corrected chi connectivity index (χ1v) is 4.15. The van der Waals surface area contributed by atoms with Crippen LogP contribution in [0.15, 0.2) is 12.1 Å². The highest BCUT2D eigenvalue weighted by Gasteiger charge is 2.03. The molecule has 1 aromatic heterocycles. The van der Waals surface area contributed by atoms with Crippen molar-refractivity contribution in [3.63, 3.8) is 0 Å². The summed E-state index contributed by atoms with van der Waals surface area (Å²) in [4.78, 5) is 5.24. The first-order chi connectivity index (χ1) is 5.25. The third-order valence-corrected chi connectivity index (χ3v) is 2.41. The Morgan fingerprint density at radius 1 is 1.91 bits per heavy atom. The second-order valence-electron chi connectivity index (χ2n) is 2.25. The van der Waals surface area contributed by atoms with Crippen molar-refractivity contribution in [2.24, 2.45) is 0 Å². The fourth-order valence-electron chi connectivity index (χ4n) is 0.845. The van der Waals surface area contributed by atoms with Crippen molar-refractivity contribution in [1.82, 2.24) is 4.98 Å². The van der Waals surface area contributed by atoms with Crippen LogP contribution >= 0.6 is 11.3 Å². The molecule has 11 heavy (non-hydrogen) atoms. The zero-order valence-electron chi connectivity index (χ0n) is 6.42. The Labute approximate surface area is 70.8 Å². The number of thiazole rings is 1. The molecular formula is C9H9NS. The summed E-state index contributed by atoms with van der Waals surface area (Å²) < 4.78 is 0. The predicted molar refractivity (Wildman–Crippen MR) is 49.3 cm³/mol. The summed E-state index contributed by atoms with van der Waals surface area (Å²) in [5.41, 5.74) is 3.83. The van der Waals surface area contributed by atoms with Gasteiger partial charge in [0, 0.05) is 6.42 Å². The van der Waals surface area contributed by atoms with E-state index >= 15 is 0 Å². The lowest BCUT2D eigenvalue weighted by molar-refractivity contribution is 1.25. The Morgan fingerprint density at radius 2 is 2.64 bits per heavy atom. The highest BCUT2D eigenvalue weighted by molar-refractivity contribution is 7.10. The SMILES string of the molecule is C#CCC(=C)c1scnc1C. The summed E-state index contributed by atoms with van der Waals surface area (Å²) in [7, 11) is 0. The molecule has 0 bridgehead atoms. The van der Waals surface area contributed by atoms with Gasteiger partial charge in [-0.15, -0.1) is 23.7 Å². The van der Waals surface area contributed by atoms with Gasteiger partial charge in [-0.2, -0.15) is 0 Å². The van der Waals surface area contributed by atoms with Crippen LogP contribution in [-0.4, -0.2) is 4.98 Å². The van der Waals surface area contributed by atoms with Crippen LogP contribution in [0, 0.1) is 19.3 Å². The van der Waals surface area contributed by atoms with E-state index in [1.807, 2.05) is 12.4 Å². The van der Waals surface area contributed by atoms with Crippen molar-refractivity contribution >= 4 is 16.9 Å². The van der Waals surface area contributed by atoms with Gasteiger partial charge in [-0.1, -0.05) is 6.58 Å². The Balaban J connectivity index is 2.86. The fraction of sp³-hybridized carbons (Fsp3) is 0.222. The second-order valence-corrected chi connectivity index (χ2v) is 3.11. The van der Waals surface area contributed by atoms with Gasteiger partial charge in [0.2, 0.25) is 0 Å². The minimum Gasteiger partial charge on any atom is -0.249 e. The number of terminal acetylenes is 1. The van der Waals surface area contributed by atoms with Gasteiger partial charge in [-0.05, 0) is 12.5 Å². The maximum atomic E-state index is 5.16. The smallest absolute Gasteiger partial charge is 0.0801 e. The van der Waals surface area contributed by atoms with Crippen LogP contribution in [0.3, 0.4) is 0 Å². The molecule has 0 aliphatic heterocycles. The predicted octanol–water partition coefficient (Wildman–Crippen LogP) is 2.49. The Morgan fingerprint density at radius 3 is 3.09 bits per heavy atom. The van der Waals surface area contributed by atoms with Crippen molar-refractivity contribution in [3.8, 4) is 12.3 Å². The van der Waals surface area contributed by atoms with Crippen molar-refractivity contribution in [1.29, 1.82) is 0 Å². The Kier molecular flexibility index (Phi) is 2.45. The second kappa shape index (κ2) is 3.36. The van der Waals surface area contributed by atoms with Crippen LogP contribution in [0.4, 0.5) is 0 Å². The molecule has 2 heteroatoms. The Hall–Kier alpha value is -1.07. The van der Waals surface area contributed by atoms with Gasteiger partial charge in [0.1, 0.15) is 0 Å². The van der Waals surface area contributed by atoms with Gasteiger partial charge in [0.25, 0.3) is 0 Å². The number of hydrogen-bond donors (Lipinski definition) is 0. The Bertz CT molecular complexity index is 304. The molecule has 0 N–H and O–H groups in total. The first-order valence-electron chi connectivity index (χ1n) is 3.27. The van der Waals surface area contributed by atoms with E-state index in [9.17, 15) is 0 Å². The maximum absolute atomic E-state index is 5.16. The van der Waals surface area contributed by atoms with Gasteiger partial charge in [0.15, 0.2) is 0 Å². The number of nitrogens with zero attached hydrogens (tertiary/aromatic N) is 1. The van der Waals surface area contributed by atoms with Crippen molar-refractivity contribution < 1.29 is 0 Å². The van der Waals surface area contributed by atoms with Crippen molar-refractivity contribution in [2.75, 3.05) is 0 Å². The van der Waals surface area contributed by atoms with Gasteiger partial charge in [0.05, 0.1) is 16.1 Å². The molecule has 0 aliphatic carbocycles. The summed E-state index contributed by atoms with van der Waals surface area (Å²) in [5.74, 6) is 2.56. The van der Waals surface area contributed by atoms with E-state index < -0.39 is 0 Å². The minimum atomic E-state index is 0.614. The standard InChI is InChI=1S/C9H9NS/c1-4-5-7(2)9-8(3)10-6-11-9/h1,6H,2,5H2,3H3. The quantitative estimate of drug-likeness (QED) is 0.610. The fourth-order valence-corrected chi connectivity index (χ4v) is 1.62. The lowest BCUT2D eigenvalue weighted by Crippen LogP contribution is -1.80. The molecule has 0 amide bonds. The monoisotopic (exact) mass is 163 g/mol. The molecule has 1 rings (SSSR count). The van der Waals surface area contributed by atoms with Crippen LogP contribution in [0.1, 0.15) is 17.0 Å². The molecule has 0 saturated heterocycles. The highest BCUT2D eigenvalue weighted by atomic mass is 32.1. The van der Waals surface area contributed by atoms with E-state index in [1.54, 1.807) is 11.3 Å². The molecule has 56 valence electrons. The van der Waals surface area contributed by atoms with E-state index in [1.165, 1.54) is 0 Å². The minimum absolute atomic E-state index is 0.614. The first kappa shape index (κ1) is 8.03.